The Kier molecular flexibility index (Phi) is 4.12. The van der Waals surface area contributed by atoms with E-state index in [1.807, 2.05) is 0 Å². The summed E-state index contributed by atoms with van der Waals surface area (Å²) in [4.78, 5) is 10.8. The van der Waals surface area contributed by atoms with Crippen molar-refractivity contribution in [3.05, 3.63) is 21.9 Å². The van der Waals surface area contributed by atoms with Gasteiger partial charge in [0.25, 0.3) is 0 Å². The molecule has 1 aliphatic carbocycles. The number of rotatable bonds is 6. The topological polar surface area (TPSA) is 83.5 Å². The lowest BCUT2D eigenvalue weighted by Gasteiger charge is -2.34. The maximum Gasteiger partial charge on any atom is 0.345 e. The van der Waals surface area contributed by atoms with Crippen molar-refractivity contribution in [2.24, 2.45) is 5.92 Å². The summed E-state index contributed by atoms with van der Waals surface area (Å²) >= 11 is 1.00. The predicted molar refractivity (Wildman–Crippen MR) is 69.6 cm³/mol. The lowest BCUT2D eigenvalue weighted by Crippen LogP contribution is -2.41. The summed E-state index contributed by atoms with van der Waals surface area (Å²) in [6.07, 6.45) is -0.787. The monoisotopic (exact) mass is 325 g/mol. The van der Waals surface area contributed by atoms with E-state index in [1.54, 1.807) is 5.38 Å². The SMILES string of the molecule is O=C(O)c1cc(CNS(=O)(=O)CC2CC(F)(F)C2)cs1. The number of halogens is 2. The van der Waals surface area contributed by atoms with Gasteiger partial charge in [0, 0.05) is 19.4 Å². The first kappa shape index (κ1) is 15.3. The Hall–Kier alpha value is -1.06. The van der Waals surface area contributed by atoms with Crippen molar-refractivity contribution in [3.63, 3.8) is 0 Å². The van der Waals surface area contributed by atoms with Crippen molar-refractivity contribution in [1.82, 2.24) is 4.72 Å². The number of nitrogens with one attached hydrogen (secondary N) is 1. The highest BCUT2D eigenvalue weighted by molar-refractivity contribution is 7.89. The van der Waals surface area contributed by atoms with Crippen LogP contribution in [0.2, 0.25) is 0 Å². The number of aromatic carboxylic acids is 1. The third kappa shape index (κ3) is 3.97. The van der Waals surface area contributed by atoms with Gasteiger partial charge in [0.15, 0.2) is 0 Å². The molecule has 0 aliphatic heterocycles. The van der Waals surface area contributed by atoms with Crippen LogP contribution in [0, 0.1) is 5.92 Å². The van der Waals surface area contributed by atoms with Crippen molar-refractivity contribution in [2.45, 2.75) is 25.3 Å². The molecule has 1 aliphatic rings. The number of hydrogen-bond acceptors (Lipinski definition) is 4. The molecule has 2 rings (SSSR count). The number of alkyl halides is 2. The van der Waals surface area contributed by atoms with Gasteiger partial charge in [0.2, 0.25) is 15.9 Å². The second-order valence-electron chi connectivity index (χ2n) is 4.86. The lowest BCUT2D eigenvalue weighted by atomic mass is 9.83. The molecule has 1 aromatic heterocycles. The molecule has 1 heterocycles. The smallest absolute Gasteiger partial charge is 0.345 e. The van der Waals surface area contributed by atoms with E-state index in [4.69, 9.17) is 5.11 Å². The third-order valence-corrected chi connectivity index (χ3v) is 5.45. The van der Waals surface area contributed by atoms with Crippen LogP contribution in [0.1, 0.15) is 28.1 Å². The number of carbonyl (C=O) groups is 1. The maximum atomic E-state index is 12.6. The molecule has 2 N–H and O–H groups in total. The van der Waals surface area contributed by atoms with Crippen molar-refractivity contribution in [1.29, 1.82) is 0 Å². The van der Waals surface area contributed by atoms with E-state index in [0.29, 0.717) is 5.56 Å². The van der Waals surface area contributed by atoms with E-state index in [-0.39, 0.29) is 17.2 Å². The quantitative estimate of drug-likeness (QED) is 0.837. The first-order valence-corrected chi connectivity index (χ1v) is 8.36. The molecule has 0 saturated heterocycles. The number of sulfonamides is 1. The van der Waals surface area contributed by atoms with Crippen molar-refractivity contribution in [3.8, 4) is 0 Å². The van der Waals surface area contributed by atoms with E-state index >= 15 is 0 Å². The fraction of sp³-hybridized carbons (Fsp3) is 0.545. The fourth-order valence-corrected chi connectivity index (χ4v) is 4.16. The molecule has 1 fully saturated rings. The molecule has 0 bridgehead atoms. The Morgan fingerprint density at radius 1 is 1.50 bits per heavy atom. The molecule has 1 aromatic rings. The second-order valence-corrected chi connectivity index (χ2v) is 7.62. The van der Waals surface area contributed by atoms with Crippen molar-refractivity contribution >= 4 is 27.3 Å². The van der Waals surface area contributed by atoms with E-state index in [9.17, 15) is 22.0 Å². The molecule has 112 valence electrons. The van der Waals surface area contributed by atoms with Crippen LogP contribution in [0.15, 0.2) is 11.4 Å². The fourth-order valence-electron chi connectivity index (χ4n) is 2.05. The van der Waals surface area contributed by atoms with Crippen LogP contribution in [0.4, 0.5) is 8.78 Å². The van der Waals surface area contributed by atoms with Crippen LogP contribution >= 0.6 is 11.3 Å². The first-order chi connectivity index (χ1) is 9.17. The normalized spacial score (nSPS) is 18.7. The van der Waals surface area contributed by atoms with Gasteiger partial charge in [-0.3, -0.25) is 0 Å². The van der Waals surface area contributed by atoms with Gasteiger partial charge < -0.3 is 5.11 Å². The molecule has 0 unspecified atom stereocenters. The van der Waals surface area contributed by atoms with Gasteiger partial charge in [-0.25, -0.2) is 26.7 Å². The zero-order chi connectivity index (χ0) is 15.0. The van der Waals surface area contributed by atoms with Crippen LogP contribution in [0.5, 0.6) is 0 Å². The van der Waals surface area contributed by atoms with Gasteiger partial charge in [-0.2, -0.15) is 0 Å². The number of carboxylic acid groups (broad SMARTS) is 1. The average Bonchev–Trinajstić information content (AvgIpc) is 2.72. The van der Waals surface area contributed by atoms with Crippen LogP contribution in [0.3, 0.4) is 0 Å². The van der Waals surface area contributed by atoms with Crippen LogP contribution in [-0.4, -0.2) is 31.2 Å². The highest BCUT2D eigenvalue weighted by Crippen LogP contribution is 2.42. The molecular weight excluding hydrogens is 312 g/mol. The van der Waals surface area contributed by atoms with E-state index in [2.05, 4.69) is 4.72 Å². The summed E-state index contributed by atoms with van der Waals surface area (Å²) in [5.41, 5.74) is 0.537. The molecule has 20 heavy (non-hydrogen) atoms. The Bertz CT molecular complexity index is 604. The van der Waals surface area contributed by atoms with Crippen LogP contribution < -0.4 is 4.72 Å². The number of thiophene rings is 1. The van der Waals surface area contributed by atoms with Gasteiger partial charge in [-0.1, -0.05) is 0 Å². The van der Waals surface area contributed by atoms with Gasteiger partial charge >= 0.3 is 5.97 Å². The Balaban J connectivity index is 1.84. The predicted octanol–water partition coefficient (Wildman–Crippen LogP) is 1.91. The van der Waals surface area contributed by atoms with E-state index in [0.717, 1.165) is 11.3 Å². The van der Waals surface area contributed by atoms with Crippen LogP contribution in [-0.2, 0) is 16.6 Å². The number of carboxylic acids is 1. The largest absolute Gasteiger partial charge is 0.477 e. The molecule has 0 radical (unpaired) electrons. The summed E-state index contributed by atoms with van der Waals surface area (Å²) in [6.45, 7) is -0.0325. The van der Waals surface area contributed by atoms with Crippen molar-refractivity contribution < 1.29 is 27.1 Å². The Morgan fingerprint density at radius 3 is 2.65 bits per heavy atom. The van der Waals surface area contributed by atoms with Gasteiger partial charge in [-0.05, 0) is 22.9 Å². The molecule has 0 aromatic carbocycles. The number of hydrogen-bond donors (Lipinski definition) is 2. The molecule has 9 heteroatoms. The maximum absolute atomic E-state index is 12.6. The van der Waals surface area contributed by atoms with E-state index < -0.39 is 40.7 Å². The lowest BCUT2D eigenvalue weighted by molar-refractivity contribution is -0.103. The summed E-state index contributed by atoms with van der Waals surface area (Å²) < 4.78 is 50.9. The molecule has 0 spiro atoms. The highest BCUT2D eigenvalue weighted by Gasteiger charge is 2.46. The molecule has 0 atom stereocenters. The van der Waals surface area contributed by atoms with Gasteiger partial charge in [0.05, 0.1) is 5.75 Å². The minimum Gasteiger partial charge on any atom is -0.477 e. The van der Waals surface area contributed by atoms with E-state index in [1.165, 1.54) is 6.07 Å². The standard InChI is InChI=1S/C11H13F2NO4S2/c12-11(13)2-8(3-11)6-20(17,18)14-4-7-1-9(10(15)16)19-5-7/h1,5,8,14H,2-4,6H2,(H,15,16). The van der Waals surface area contributed by atoms with Crippen molar-refractivity contribution in [2.75, 3.05) is 5.75 Å². The molecular formula is C11H13F2NO4S2. The Morgan fingerprint density at radius 2 is 2.15 bits per heavy atom. The minimum atomic E-state index is -3.63. The summed E-state index contributed by atoms with van der Waals surface area (Å²) in [5, 5.41) is 10.3. The second kappa shape index (κ2) is 5.38. The zero-order valence-corrected chi connectivity index (χ0v) is 11.9. The Labute approximate surface area is 118 Å². The summed E-state index contributed by atoms with van der Waals surface area (Å²) in [6, 6.07) is 1.38. The average molecular weight is 325 g/mol. The molecule has 1 saturated carbocycles. The van der Waals surface area contributed by atoms with Gasteiger partial charge in [0.1, 0.15) is 4.88 Å². The third-order valence-electron chi connectivity index (χ3n) is 2.99. The first-order valence-electron chi connectivity index (χ1n) is 5.83. The summed E-state index contributed by atoms with van der Waals surface area (Å²) in [7, 11) is -3.63. The molecule has 0 amide bonds. The van der Waals surface area contributed by atoms with Gasteiger partial charge in [-0.15, -0.1) is 11.3 Å². The van der Waals surface area contributed by atoms with Crippen LogP contribution in [0.25, 0.3) is 0 Å². The summed E-state index contributed by atoms with van der Waals surface area (Å²) in [5.74, 6) is -4.64. The zero-order valence-electron chi connectivity index (χ0n) is 10.3. The minimum absolute atomic E-state index is 0.0325. The highest BCUT2D eigenvalue weighted by atomic mass is 32.2. The molecule has 5 nitrogen and oxygen atoms in total.